The molecule has 2 aromatic carbocycles. The minimum Gasteiger partial charge on any atom is -0.406 e. The third-order valence-corrected chi connectivity index (χ3v) is 5.82. The first kappa shape index (κ1) is 18.4. The Hall–Kier alpha value is -2.01. The highest BCUT2D eigenvalue weighted by Crippen LogP contribution is 2.54. The summed E-state index contributed by atoms with van der Waals surface area (Å²) < 4.78 is 41.0. The van der Waals surface area contributed by atoms with Crippen LogP contribution < -0.4 is 4.74 Å². The van der Waals surface area contributed by atoms with Crippen molar-refractivity contribution in [2.45, 2.75) is 26.3 Å². The van der Waals surface area contributed by atoms with Crippen LogP contribution >= 0.6 is 0 Å². The molecule has 2 unspecified atom stereocenters. The number of rotatable bonds is 6. The second kappa shape index (κ2) is 7.19. The van der Waals surface area contributed by atoms with Crippen LogP contribution in [0, 0.1) is 31.1 Å². The van der Waals surface area contributed by atoms with E-state index in [4.69, 9.17) is 0 Å². The number of benzene rings is 2. The molecular weight excluding hydrogens is 351 g/mol. The first-order valence-corrected chi connectivity index (χ1v) is 9.35. The number of fused-ring (bicyclic) bond motifs is 1. The van der Waals surface area contributed by atoms with Crippen molar-refractivity contribution in [2.24, 2.45) is 17.8 Å². The molecule has 2 aromatic rings. The molecule has 2 atom stereocenters. The number of nitrogens with zero attached hydrogens (tertiary/aromatic N) is 1. The average Bonchev–Trinajstić information content (AvgIpc) is 3.05. The van der Waals surface area contributed by atoms with Crippen molar-refractivity contribution < 1.29 is 17.9 Å². The molecule has 0 aromatic heterocycles. The molecule has 2 nitrogen and oxygen atoms in total. The van der Waals surface area contributed by atoms with Gasteiger partial charge in [-0.05, 0) is 66.3 Å². The van der Waals surface area contributed by atoms with Gasteiger partial charge >= 0.3 is 6.36 Å². The SMILES string of the molecule is Cc1ccccc1CN1CC2C(C[CH]c3cccc(OC(F)(F)F)c3)C2C1. The van der Waals surface area contributed by atoms with E-state index in [0.717, 1.165) is 43.5 Å². The van der Waals surface area contributed by atoms with E-state index in [0.29, 0.717) is 5.92 Å². The van der Waals surface area contributed by atoms with Crippen molar-refractivity contribution in [3.63, 3.8) is 0 Å². The van der Waals surface area contributed by atoms with E-state index in [-0.39, 0.29) is 5.75 Å². The molecule has 1 saturated carbocycles. The zero-order valence-corrected chi connectivity index (χ0v) is 15.2. The molecule has 0 amide bonds. The maximum absolute atomic E-state index is 12.3. The number of hydrogen-bond donors (Lipinski definition) is 0. The lowest BCUT2D eigenvalue weighted by Gasteiger charge is -2.20. The van der Waals surface area contributed by atoms with E-state index in [1.165, 1.54) is 23.3 Å². The zero-order chi connectivity index (χ0) is 19.0. The summed E-state index contributed by atoms with van der Waals surface area (Å²) in [5.74, 6) is 1.95. The van der Waals surface area contributed by atoms with Crippen molar-refractivity contribution in [3.05, 3.63) is 71.6 Å². The average molecular weight is 374 g/mol. The Labute approximate surface area is 157 Å². The van der Waals surface area contributed by atoms with Gasteiger partial charge in [0.15, 0.2) is 0 Å². The van der Waals surface area contributed by atoms with E-state index in [2.05, 4.69) is 40.8 Å². The molecule has 143 valence electrons. The molecular formula is C22H23F3NO. The van der Waals surface area contributed by atoms with Gasteiger partial charge in [0.1, 0.15) is 5.75 Å². The van der Waals surface area contributed by atoms with Crippen LogP contribution in [-0.2, 0) is 6.54 Å². The van der Waals surface area contributed by atoms with Crippen LogP contribution in [0.5, 0.6) is 5.75 Å². The minimum atomic E-state index is -4.65. The van der Waals surface area contributed by atoms with Gasteiger partial charge in [0.2, 0.25) is 0 Å². The predicted octanol–water partition coefficient (Wildman–Crippen LogP) is 5.21. The van der Waals surface area contributed by atoms with Gasteiger partial charge in [0.25, 0.3) is 0 Å². The van der Waals surface area contributed by atoms with Crippen molar-refractivity contribution in [1.82, 2.24) is 4.90 Å². The Morgan fingerprint density at radius 1 is 1.07 bits per heavy atom. The van der Waals surface area contributed by atoms with E-state index >= 15 is 0 Å². The third kappa shape index (κ3) is 4.46. The summed E-state index contributed by atoms with van der Waals surface area (Å²) in [5, 5.41) is 0. The summed E-state index contributed by atoms with van der Waals surface area (Å²) in [5.41, 5.74) is 3.52. The molecule has 1 heterocycles. The normalized spacial score (nSPS) is 24.7. The Morgan fingerprint density at radius 2 is 1.81 bits per heavy atom. The fourth-order valence-corrected chi connectivity index (χ4v) is 4.35. The molecule has 1 saturated heterocycles. The maximum Gasteiger partial charge on any atom is 0.573 e. The highest BCUT2D eigenvalue weighted by molar-refractivity contribution is 5.33. The van der Waals surface area contributed by atoms with Gasteiger partial charge in [-0.25, -0.2) is 0 Å². The highest BCUT2D eigenvalue weighted by atomic mass is 19.4. The molecule has 1 aliphatic heterocycles. The lowest BCUT2D eigenvalue weighted by molar-refractivity contribution is -0.274. The van der Waals surface area contributed by atoms with Gasteiger partial charge in [-0.15, -0.1) is 13.2 Å². The molecule has 2 fully saturated rings. The molecule has 4 rings (SSSR count). The maximum atomic E-state index is 12.3. The predicted molar refractivity (Wildman–Crippen MR) is 98.1 cm³/mol. The first-order chi connectivity index (χ1) is 12.9. The molecule has 1 radical (unpaired) electrons. The van der Waals surface area contributed by atoms with Crippen molar-refractivity contribution >= 4 is 0 Å². The second-order valence-electron chi connectivity index (χ2n) is 7.67. The molecule has 2 aliphatic rings. The number of piperidine rings is 1. The lowest BCUT2D eigenvalue weighted by atomic mass is 10.0. The van der Waals surface area contributed by atoms with Gasteiger partial charge < -0.3 is 4.74 Å². The van der Waals surface area contributed by atoms with Crippen LogP contribution in [-0.4, -0.2) is 24.4 Å². The molecule has 0 bridgehead atoms. The molecule has 27 heavy (non-hydrogen) atoms. The fraction of sp³-hybridized carbons (Fsp3) is 0.409. The van der Waals surface area contributed by atoms with Crippen LogP contribution in [0.2, 0.25) is 0 Å². The summed E-state index contributed by atoms with van der Waals surface area (Å²) >= 11 is 0. The van der Waals surface area contributed by atoms with Crippen LogP contribution in [0.4, 0.5) is 13.2 Å². The fourth-order valence-electron chi connectivity index (χ4n) is 4.35. The van der Waals surface area contributed by atoms with E-state index in [9.17, 15) is 13.2 Å². The van der Waals surface area contributed by atoms with Crippen molar-refractivity contribution in [1.29, 1.82) is 0 Å². The lowest BCUT2D eigenvalue weighted by Crippen LogP contribution is -2.24. The topological polar surface area (TPSA) is 12.5 Å². The summed E-state index contributed by atoms with van der Waals surface area (Å²) in [6.07, 6.45) is -1.69. The number of alkyl halides is 3. The Bertz CT molecular complexity index is 792. The second-order valence-corrected chi connectivity index (χ2v) is 7.67. The number of aryl methyl sites for hydroxylation is 1. The first-order valence-electron chi connectivity index (χ1n) is 9.35. The third-order valence-electron chi connectivity index (χ3n) is 5.82. The Morgan fingerprint density at radius 3 is 2.52 bits per heavy atom. The Kier molecular flexibility index (Phi) is 4.89. The van der Waals surface area contributed by atoms with Crippen LogP contribution in [0.25, 0.3) is 0 Å². The van der Waals surface area contributed by atoms with Crippen molar-refractivity contribution in [3.8, 4) is 5.75 Å². The van der Waals surface area contributed by atoms with Gasteiger partial charge in [0, 0.05) is 19.6 Å². The highest BCUT2D eigenvalue weighted by Gasteiger charge is 2.54. The summed E-state index contributed by atoms with van der Waals surface area (Å²) in [7, 11) is 0. The van der Waals surface area contributed by atoms with Crippen LogP contribution in [0.1, 0.15) is 23.1 Å². The van der Waals surface area contributed by atoms with Crippen molar-refractivity contribution in [2.75, 3.05) is 13.1 Å². The van der Waals surface area contributed by atoms with Crippen LogP contribution in [0.3, 0.4) is 0 Å². The van der Waals surface area contributed by atoms with Gasteiger partial charge in [-0.3, -0.25) is 4.90 Å². The zero-order valence-electron chi connectivity index (χ0n) is 15.2. The van der Waals surface area contributed by atoms with Crippen LogP contribution in [0.15, 0.2) is 48.5 Å². The molecule has 0 spiro atoms. The smallest absolute Gasteiger partial charge is 0.406 e. The number of likely N-dealkylation sites (tertiary alicyclic amines) is 1. The summed E-state index contributed by atoms with van der Waals surface area (Å²) in [4.78, 5) is 2.52. The molecule has 5 heteroatoms. The van der Waals surface area contributed by atoms with Gasteiger partial charge in [-0.1, -0.05) is 36.4 Å². The van der Waals surface area contributed by atoms with E-state index in [1.54, 1.807) is 6.07 Å². The standard InChI is InChI=1S/C22H23F3NO/c1-15-5-2-3-7-17(15)12-26-13-20-19(21(20)14-26)10-9-16-6-4-8-18(11-16)27-22(23,24)25/h2-9,11,19-21H,10,12-14H2,1H3. The molecule has 0 N–H and O–H groups in total. The number of ether oxygens (including phenoxy) is 1. The van der Waals surface area contributed by atoms with E-state index < -0.39 is 6.36 Å². The minimum absolute atomic E-state index is 0.156. The monoisotopic (exact) mass is 374 g/mol. The quantitative estimate of drug-likeness (QED) is 0.688. The van der Waals surface area contributed by atoms with E-state index in [1.807, 2.05) is 12.5 Å². The number of halogens is 3. The summed E-state index contributed by atoms with van der Waals surface area (Å²) in [6, 6.07) is 14.7. The summed E-state index contributed by atoms with van der Waals surface area (Å²) in [6.45, 7) is 5.40. The van der Waals surface area contributed by atoms with Gasteiger partial charge in [-0.2, -0.15) is 0 Å². The van der Waals surface area contributed by atoms with Gasteiger partial charge in [0.05, 0.1) is 0 Å². The Balaban J connectivity index is 1.25. The number of hydrogen-bond acceptors (Lipinski definition) is 2. The largest absolute Gasteiger partial charge is 0.573 e. The molecule has 1 aliphatic carbocycles.